The van der Waals surface area contributed by atoms with E-state index in [4.69, 9.17) is 23.2 Å². The van der Waals surface area contributed by atoms with Crippen molar-refractivity contribution in [2.75, 3.05) is 0 Å². The molecule has 0 aliphatic rings. The van der Waals surface area contributed by atoms with Crippen LogP contribution in [0.4, 0.5) is 0 Å². The van der Waals surface area contributed by atoms with Crippen LogP contribution in [0.5, 0.6) is 0 Å². The number of pyridine rings is 2. The Bertz CT molecular complexity index is 590. The van der Waals surface area contributed by atoms with Gasteiger partial charge in [-0.3, -0.25) is 9.78 Å². The molecule has 0 fully saturated rings. The van der Waals surface area contributed by atoms with Crippen LogP contribution in [0, 0.1) is 0 Å². The quantitative estimate of drug-likeness (QED) is 0.884. The van der Waals surface area contributed by atoms with Crippen molar-refractivity contribution < 1.29 is 4.79 Å². The molecule has 98 valence electrons. The highest BCUT2D eigenvalue weighted by Crippen LogP contribution is 2.20. The second-order valence-corrected chi connectivity index (χ2v) is 4.74. The van der Waals surface area contributed by atoms with Crippen molar-refractivity contribution in [2.24, 2.45) is 0 Å². The zero-order chi connectivity index (χ0) is 13.8. The van der Waals surface area contributed by atoms with Crippen molar-refractivity contribution in [3.8, 4) is 0 Å². The Hall–Kier alpha value is -1.65. The molecule has 2 heterocycles. The first-order valence-electron chi connectivity index (χ1n) is 5.60. The van der Waals surface area contributed by atoms with E-state index in [1.54, 1.807) is 12.4 Å². The van der Waals surface area contributed by atoms with Gasteiger partial charge in [-0.05, 0) is 30.7 Å². The van der Waals surface area contributed by atoms with Gasteiger partial charge in [-0.1, -0.05) is 23.2 Å². The van der Waals surface area contributed by atoms with E-state index in [9.17, 15) is 4.79 Å². The summed E-state index contributed by atoms with van der Waals surface area (Å²) in [5.41, 5.74) is 1.34. The zero-order valence-corrected chi connectivity index (χ0v) is 11.6. The van der Waals surface area contributed by atoms with Crippen LogP contribution in [0.15, 0.2) is 36.8 Å². The molecule has 2 aromatic rings. The van der Waals surface area contributed by atoms with Gasteiger partial charge in [0.1, 0.15) is 5.15 Å². The smallest absolute Gasteiger partial charge is 0.253 e. The number of carbonyl (C=O) groups is 1. The van der Waals surface area contributed by atoms with E-state index < -0.39 is 0 Å². The van der Waals surface area contributed by atoms with Crippen molar-refractivity contribution in [2.45, 2.75) is 13.0 Å². The molecular formula is C13H11Cl2N3O. The largest absolute Gasteiger partial charge is 0.345 e. The first kappa shape index (κ1) is 13.8. The van der Waals surface area contributed by atoms with Gasteiger partial charge in [-0.15, -0.1) is 0 Å². The van der Waals surface area contributed by atoms with Gasteiger partial charge in [0.2, 0.25) is 0 Å². The maximum absolute atomic E-state index is 12.0. The lowest BCUT2D eigenvalue weighted by molar-refractivity contribution is 0.0939. The summed E-state index contributed by atoms with van der Waals surface area (Å²) < 4.78 is 0. The highest BCUT2D eigenvalue weighted by Gasteiger charge is 2.13. The van der Waals surface area contributed by atoms with Crippen LogP contribution >= 0.6 is 23.2 Å². The van der Waals surface area contributed by atoms with Gasteiger partial charge in [0.25, 0.3) is 5.91 Å². The van der Waals surface area contributed by atoms with Crippen molar-refractivity contribution in [3.05, 3.63) is 58.1 Å². The van der Waals surface area contributed by atoms with Crippen LogP contribution < -0.4 is 5.32 Å². The molecule has 0 bridgehead atoms. The summed E-state index contributed by atoms with van der Waals surface area (Å²) in [6.07, 6.45) is 4.75. The van der Waals surface area contributed by atoms with Gasteiger partial charge in [0.05, 0.1) is 16.6 Å². The van der Waals surface area contributed by atoms with Crippen molar-refractivity contribution in [1.82, 2.24) is 15.3 Å². The van der Waals surface area contributed by atoms with E-state index in [-0.39, 0.29) is 22.1 Å². The Morgan fingerprint density at radius 3 is 2.63 bits per heavy atom. The van der Waals surface area contributed by atoms with Crippen LogP contribution in [-0.4, -0.2) is 15.9 Å². The fourth-order valence-electron chi connectivity index (χ4n) is 1.56. The Kier molecular flexibility index (Phi) is 4.35. The number of nitrogens with zero attached hydrogens (tertiary/aromatic N) is 2. The average Bonchev–Trinajstić information content (AvgIpc) is 2.42. The van der Waals surface area contributed by atoms with Crippen LogP contribution in [0.3, 0.4) is 0 Å². The van der Waals surface area contributed by atoms with Crippen LogP contribution in [-0.2, 0) is 0 Å². The zero-order valence-electron chi connectivity index (χ0n) is 10.1. The summed E-state index contributed by atoms with van der Waals surface area (Å²) in [7, 11) is 0. The number of hydrogen-bond donors (Lipinski definition) is 1. The van der Waals surface area contributed by atoms with Gasteiger partial charge in [-0.25, -0.2) is 4.98 Å². The minimum atomic E-state index is -0.254. The second-order valence-electron chi connectivity index (χ2n) is 3.97. The summed E-state index contributed by atoms with van der Waals surface area (Å²) in [6, 6.07) is 5.05. The lowest BCUT2D eigenvalue weighted by Gasteiger charge is -2.14. The van der Waals surface area contributed by atoms with Crippen molar-refractivity contribution >= 4 is 29.1 Å². The highest BCUT2D eigenvalue weighted by atomic mass is 35.5. The van der Waals surface area contributed by atoms with Crippen LogP contribution in [0.25, 0.3) is 0 Å². The fourth-order valence-corrected chi connectivity index (χ4v) is 1.83. The minimum Gasteiger partial charge on any atom is -0.345 e. The van der Waals surface area contributed by atoms with E-state index in [0.29, 0.717) is 5.56 Å². The first-order chi connectivity index (χ1) is 9.08. The number of hydrogen-bond acceptors (Lipinski definition) is 3. The number of halogens is 2. The number of nitrogens with one attached hydrogen (secondary N) is 1. The third kappa shape index (κ3) is 3.43. The standard InChI is InChI=1S/C13H11Cl2N3O/c1-8(9-2-4-16-5-3-9)18-13(19)10-6-11(14)12(15)17-7-10/h2-8H,1H3,(H,18,19). The molecule has 0 spiro atoms. The third-order valence-electron chi connectivity index (χ3n) is 2.61. The molecule has 0 aliphatic heterocycles. The Labute approximate surface area is 120 Å². The monoisotopic (exact) mass is 295 g/mol. The molecule has 2 rings (SSSR count). The van der Waals surface area contributed by atoms with Gasteiger partial charge < -0.3 is 5.32 Å². The van der Waals surface area contributed by atoms with E-state index in [1.807, 2.05) is 19.1 Å². The normalized spacial score (nSPS) is 11.9. The molecule has 19 heavy (non-hydrogen) atoms. The molecule has 6 heteroatoms. The van der Waals surface area contributed by atoms with Gasteiger partial charge in [0.15, 0.2) is 0 Å². The van der Waals surface area contributed by atoms with Gasteiger partial charge in [0, 0.05) is 18.6 Å². The van der Waals surface area contributed by atoms with E-state index in [1.165, 1.54) is 12.3 Å². The summed E-state index contributed by atoms with van der Waals surface area (Å²) >= 11 is 11.5. The maximum atomic E-state index is 12.0. The SMILES string of the molecule is CC(NC(=O)c1cnc(Cl)c(Cl)c1)c1ccncc1. The number of rotatable bonds is 3. The average molecular weight is 296 g/mol. The van der Waals surface area contributed by atoms with Crippen LogP contribution in [0.1, 0.15) is 28.9 Å². The summed E-state index contributed by atoms with van der Waals surface area (Å²) in [6.45, 7) is 1.89. The number of amides is 1. The lowest BCUT2D eigenvalue weighted by atomic mass is 10.1. The molecule has 4 nitrogen and oxygen atoms in total. The van der Waals surface area contributed by atoms with Crippen molar-refractivity contribution in [1.29, 1.82) is 0 Å². The molecule has 0 radical (unpaired) electrons. The Morgan fingerprint density at radius 1 is 1.32 bits per heavy atom. The molecule has 1 N–H and O–H groups in total. The number of carbonyl (C=O) groups excluding carboxylic acids is 1. The molecule has 1 amide bonds. The lowest BCUT2D eigenvalue weighted by Crippen LogP contribution is -2.26. The topological polar surface area (TPSA) is 54.9 Å². The van der Waals surface area contributed by atoms with E-state index in [2.05, 4.69) is 15.3 Å². The molecular weight excluding hydrogens is 285 g/mol. The summed E-state index contributed by atoms with van der Waals surface area (Å²) in [5, 5.41) is 3.29. The van der Waals surface area contributed by atoms with Crippen molar-refractivity contribution in [3.63, 3.8) is 0 Å². The summed E-state index contributed by atoms with van der Waals surface area (Å²) in [5.74, 6) is -0.254. The molecule has 1 unspecified atom stereocenters. The third-order valence-corrected chi connectivity index (χ3v) is 3.30. The minimum absolute atomic E-state index is 0.134. The molecule has 0 aromatic carbocycles. The summed E-state index contributed by atoms with van der Waals surface area (Å²) in [4.78, 5) is 19.8. The molecule has 0 saturated carbocycles. The predicted molar refractivity (Wildman–Crippen MR) is 74.4 cm³/mol. The second kappa shape index (κ2) is 5.99. The molecule has 2 aromatic heterocycles. The van der Waals surface area contributed by atoms with Gasteiger partial charge in [-0.2, -0.15) is 0 Å². The fraction of sp³-hybridized carbons (Fsp3) is 0.154. The predicted octanol–water partition coefficient (Wildman–Crippen LogP) is 3.27. The van der Waals surface area contributed by atoms with Gasteiger partial charge >= 0.3 is 0 Å². The van der Waals surface area contributed by atoms with Crippen LogP contribution in [0.2, 0.25) is 10.2 Å². The molecule has 1 atom stereocenters. The number of aromatic nitrogens is 2. The molecule has 0 saturated heterocycles. The first-order valence-corrected chi connectivity index (χ1v) is 6.35. The highest BCUT2D eigenvalue weighted by molar-refractivity contribution is 6.41. The maximum Gasteiger partial charge on any atom is 0.253 e. The molecule has 0 aliphatic carbocycles. The van der Waals surface area contributed by atoms with E-state index in [0.717, 1.165) is 5.56 Å². The Morgan fingerprint density at radius 2 is 2.00 bits per heavy atom. The Balaban J connectivity index is 2.11. The van der Waals surface area contributed by atoms with E-state index >= 15 is 0 Å².